The summed E-state index contributed by atoms with van der Waals surface area (Å²) < 4.78 is 0. The molecule has 0 bridgehead atoms. The van der Waals surface area contributed by atoms with Crippen molar-refractivity contribution in [2.45, 2.75) is 18.9 Å². The predicted molar refractivity (Wildman–Crippen MR) is 59.3 cm³/mol. The summed E-state index contributed by atoms with van der Waals surface area (Å²) in [6.07, 6.45) is 3.02. The first kappa shape index (κ1) is 10.2. The van der Waals surface area contributed by atoms with Crippen LogP contribution in [-0.2, 0) is 0 Å². The molecule has 1 saturated heterocycles. The third-order valence-electron chi connectivity index (χ3n) is 2.95. The number of rotatable bonds is 3. The average molecular weight is 205 g/mol. The molecular formula is C12H15NO2. The Hall–Kier alpha value is -1.35. The van der Waals surface area contributed by atoms with Crippen molar-refractivity contribution < 1.29 is 9.90 Å². The fourth-order valence-corrected chi connectivity index (χ4v) is 2.11. The highest BCUT2D eigenvalue weighted by molar-refractivity contribution is 5.75. The highest BCUT2D eigenvalue weighted by Gasteiger charge is 2.23. The minimum atomic E-state index is 0.204. The summed E-state index contributed by atoms with van der Waals surface area (Å²) in [5, 5.41) is 9.20. The summed E-state index contributed by atoms with van der Waals surface area (Å²) in [4.78, 5) is 12.7. The Labute approximate surface area is 89.3 Å². The minimum Gasteiger partial charge on any atom is -0.394 e. The number of hydrogen-bond acceptors (Lipinski definition) is 3. The first-order valence-electron chi connectivity index (χ1n) is 5.28. The summed E-state index contributed by atoms with van der Waals surface area (Å²) in [5.74, 6) is 0. The van der Waals surface area contributed by atoms with Crippen molar-refractivity contribution in [1.82, 2.24) is 0 Å². The zero-order chi connectivity index (χ0) is 10.7. The maximum Gasteiger partial charge on any atom is 0.150 e. The molecule has 15 heavy (non-hydrogen) atoms. The fraction of sp³-hybridized carbons (Fsp3) is 0.417. The van der Waals surface area contributed by atoms with Gasteiger partial charge in [0.15, 0.2) is 0 Å². The zero-order valence-electron chi connectivity index (χ0n) is 8.60. The number of aldehydes is 1. The van der Waals surface area contributed by atoms with E-state index in [1.807, 2.05) is 24.3 Å². The van der Waals surface area contributed by atoms with Crippen molar-refractivity contribution in [1.29, 1.82) is 0 Å². The van der Waals surface area contributed by atoms with Gasteiger partial charge < -0.3 is 10.0 Å². The van der Waals surface area contributed by atoms with Crippen molar-refractivity contribution in [2.24, 2.45) is 0 Å². The van der Waals surface area contributed by atoms with Gasteiger partial charge in [-0.2, -0.15) is 0 Å². The largest absolute Gasteiger partial charge is 0.394 e. The number of nitrogens with zero attached hydrogens (tertiary/aromatic N) is 1. The number of benzene rings is 1. The normalized spacial score (nSPS) is 20.6. The lowest BCUT2D eigenvalue weighted by Gasteiger charge is -2.25. The van der Waals surface area contributed by atoms with Crippen LogP contribution in [0.25, 0.3) is 0 Å². The summed E-state index contributed by atoms with van der Waals surface area (Å²) in [6.45, 7) is 1.20. The van der Waals surface area contributed by atoms with Crippen LogP contribution in [0.2, 0.25) is 0 Å². The minimum absolute atomic E-state index is 0.204. The van der Waals surface area contributed by atoms with Gasteiger partial charge in [0, 0.05) is 17.8 Å². The van der Waals surface area contributed by atoms with Crippen molar-refractivity contribution in [3.8, 4) is 0 Å². The van der Waals surface area contributed by atoms with Gasteiger partial charge in [0.25, 0.3) is 0 Å². The monoisotopic (exact) mass is 205 g/mol. The summed E-state index contributed by atoms with van der Waals surface area (Å²) in [6, 6.07) is 7.76. The lowest BCUT2D eigenvalue weighted by atomic mass is 10.2. The molecule has 80 valence electrons. The fourth-order valence-electron chi connectivity index (χ4n) is 2.11. The first-order valence-corrected chi connectivity index (χ1v) is 5.28. The molecule has 2 rings (SSSR count). The van der Waals surface area contributed by atoms with E-state index in [1.165, 1.54) is 0 Å². The Kier molecular flexibility index (Phi) is 3.02. The van der Waals surface area contributed by atoms with Crippen molar-refractivity contribution >= 4 is 12.0 Å². The molecule has 0 saturated carbocycles. The molecule has 1 aromatic rings. The van der Waals surface area contributed by atoms with Gasteiger partial charge in [-0.05, 0) is 37.1 Å². The van der Waals surface area contributed by atoms with E-state index in [2.05, 4.69) is 4.90 Å². The van der Waals surface area contributed by atoms with Crippen molar-refractivity contribution in [3.63, 3.8) is 0 Å². The molecule has 0 aromatic heterocycles. The number of carbonyl (C=O) groups is 1. The van der Waals surface area contributed by atoms with E-state index >= 15 is 0 Å². The topological polar surface area (TPSA) is 40.5 Å². The number of aliphatic hydroxyl groups is 1. The number of carbonyl (C=O) groups excluding carboxylic acids is 1. The molecule has 1 heterocycles. The van der Waals surface area contributed by atoms with Gasteiger partial charge in [-0.25, -0.2) is 0 Å². The van der Waals surface area contributed by atoms with E-state index in [9.17, 15) is 9.90 Å². The SMILES string of the molecule is O=Cc1ccc(N2CCC[C@H]2CO)cc1. The highest BCUT2D eigenvalue weighted by Crippen LogP contribution is 2.25. The molecule has 3 heteroatoms. The summed E-state index contributed by atoms with van der Waals surface area (Å²) in [7, 11) is 0. The Bertz CT molecular complexity index is 334. The smallest absolute Gasteiger partial charge is 0.150 e. The molecular weight excluding hydrogens is 190 g/mol. The Morgan fingerprint density at radius 1 is 1.40 bits per heavy atom. The van der Waals surface area contributed by atoms with Gasteiger partial charge in [-0.15, -0.1) is 0 Å². The molecule has 0 aliphatic carbocycles. The zero-order valence-corrected chi connectivity index (χ0v) is 8.60. The van der Waals surface area contributed by atoms with E-state index < -0.39 is 0 Å². The summed E-state index contributed by atoms with van der Waals surface area (Å²) in [5.41, 5.74) is 1.79. The highest BCUT2D eigenvalue weighted by atomic mass is 16.3. The Morgan fingerprint density at radius 2 is 2.13 bits per heavy atom. The molecule has 1 aliphatic rings. The van der Waals surface area contributed by atoms with Crippen LogP contribution >= 0.6 is 0 Å². The van der Waals surface area contributed by atoms with Gasteiger partial charge in [-0.3, -0.25) is 4.79 Å². The molecule has 1 N–H and O–H groups in total. The van der Waals surface area contributed by atoms with Crippen LogP contribution in [0.15, 0.2) is 24.3 Å². The van der Waals surface area contributed by atoms with E-state index in [0.29, 0.717) is 5.56 Å². The van der Waals surface area contributed by atoms with Crippen molar-refractivity contribution in [3.05, 3.63) is 29.8 Å². The molecule has 1 fully saturated rings. The van der Waals surface area contributed by atoms with Crippen LogP contribution in [0.4, 0.5) is 5.69 Å². The molecule has 0 unspecified atom stereocenters. The summed E-state index contributed by atoms with van der Waals surface area (Å²) >= 11 is 0. The number of hydrogen-bond donors (Lipinski definition) is 1. The maximum absolute atomic E-state index is 10.5. The van der Waals surface area contributed by atoms with E-state index in [0.717, 1.165) is 31.4 Å². The molecule has 0 amide bonds. The van der Waals surface area contributed by atoms with Crippen LogP contribution < -0.4 is 4.90 Å². The standard InChI is InChI=1S/C12H15NO2/c14-8-10-3-5-11(6-4-10)13-7-1-2-12(13)9-15/h3-6,8,12,15H,1-2,7,9H2/t12-/m0/s1. The third-order valence-corrected chi connectivity index (χ3v) is 2.95. The molecule has 1 atom stereocenters. The Morgan fingerprint density at radius 3 is 2.73 bits per heavy atom. The second-order valence-electron chi connectivity index (χ2n) is 3.88. The van der Waals surface area contributed by atoms with Gasteiger partial charge in [-0.1, -0.05) is 0 Å². The van der Waals surface area contributed by atoms with Gasteiger partial charge >= 0.3 is 0 Å². The van der Waals surface area contributed by atoms with Gasteiger partial charge in [0.05, 0.1) is 12.6 Å². The molecule has 0 spiro atoms. The van der Waals surface area contributed by atoms with Gasteiger partial charge in [0.1, 0.15) is 6.29 Å². The van der Waals surface area contributed by atoms with E-state index in [-0.39, 0.29) is 12.6 Å². The molecule has 0 radical (unpaired) electrons. The van der Waals surface area contributed by atoms with Crippen LogP contribution in [-0.4, -0.2) is 30.6 Å². The van der Waals surface area contributed by atoms with Crippen molar-refractivity contribution in [2.75, 3.05) is 18.1 Å². The van der Waals surface area contributed by atoms with E-state index in [1.54, 1.807) is 0 Å². The molecule has 1 aromatic carbocycles. The second-order valence-corrected chi connectivity index (χ2v) is 3.88. The van der Waals surface area contributed by atoms with Crippen LogP contribution in [0.5, 0.6) is 0 Å². The predicted octanol–water partition coefficient (Wildman–Crippen LogP) is 1.46. The number of aliphatic hydroxyl groups excluding tert-OH is 1. The van der Waals surface area contributed by atoms with Crippen LogP contribution in [0.1, 0.15) is 23.2 Å². The first-order chi connectivity index (χ1) is 7.35. The van der Waals surface area contributed by atoms with Gasteiger partial charge in [0.2, 0.25) is 0 Å². The van der Waals surface area contributed by atoms with Crippen LogP contribution in [0, 0.1) is 0 Å². The molecule has 3 nitrogen and oxygen atoms in total. The molecule has 1 aliphatic heterocycles. The van der Waals surface area contributed by atoms with E-state index in [4.69, 9.17) is 0 Å². The second kappa shape index (κ2) is 4.45. The lowest BCUT2D eigenvalue weighted by molar-refractivity contribution is 0.112. The Balaban J connectivity index is 2.17. The average Bonchev–Trinajstić information content (AvgIpc) is 2.77. The third kappa shape index (κ3) is 2.02. The lowest BCUT2D eigenvalue weighted by Crippen LogP contribution is -2.31. The number of anilines is 1. The maximum atomic E-state index is 10.5. The quantitative estimate of drug-likeness (QED) is 0.759. The van der Waals surface area contributed by atoms with Crippen LogP contribution in [0.3, 0.4) is 0 Å².